The molecule has 0 aliphatic carbocycles. The zero-order valence-corrected chi connectivity index (χ0v) is 16.1. The number of nitriles is 1. The van der Waals surface area contributed by atoms with Crippen molar-refractivity contribution < 1.29 is 0 Å². The molecular weight excluding hydrogens is 364 g/mol. The number of hydrogen-bond donors (Lipinski definition) is 0. The molecule has 0 amide bonds. The molecule has 5 rings (SSSR count). The van der Waals surface area contributed by atoms with Crippen LogP contribution >= 0.6 is 0 Å². The summed E-state index contributed by atoms with van der Waals surface area (Å²) >= 11 is 0. The Morgan fingerprint density at radius 3 is 2.55 bits per heavy atom. The molecular formula is C23H18N4O2. The van der Waals surface area contributed by atoms with Crippen LogP contribution in [-0.4, -0.2) is 34.5 Å². The standard InChI is InChI=1S/C23H18N4O2/c1-25(2)10-11-26-22(28)18-5-3-4-17-20-16-8-6-14(13-24)12-15(16)7-9-19(20)27(21(17)18)23(26)29/h3-9,12H,10-11H2,1-2H3. The number of hydrogen-bond acceptors (Lipinski definition) is 4. The van der Waals surface area contributed by atoms with E-state index in [1.165, 1.54) is 4.57 Å². The predicted molar refractivity (Wildman–Crippen MR) is 115 cm³/mol. The third-order valence-corrected chi connectivity index (χ3v) is 5.57. The lowest BCUT2D eigenvalue weighted by Crippen LogP contribution is -2.39. The highest BCUT2D eigenvalue weighted by Crippen LogP contribution is 2.35. The highest BCUT2D eigenvalue weighted by Gasteiger charge is 2.19. The van der Waals surface area contributed by atoms with Gasteiger partial charge in [-0.3, -0.25) is 13.8 Å². The molecule has 2 heterocycles. The van der Waals surface area contributed by atoms with Crippen LogP contribution in [0.15, 0.2) is 58.1 Å². The van der Waals surface area contributed by atoms with Gasteiger partial charge in [0.05, 0.1) is 28.1 Å². The van der Waals surface area contributed by atoms with Gasteiger partial charge in [-0.25, -0.2) is 4.79 Å². The van der Waals surface area contributed by atoms with Crippen molar-refractivity contribution in [2.75, 3.05) is 20.6 Å². The molecule has 0 aliphatic heterocycles. The summed E-state index contributed by atoms with van der Waals surface area (Å²) in [4.78, 5) is 28.4. The summed E-state index contributed by atoms with van der Waals surface area (Å²) in [7, 11) is 3.83. The molecule has 2 aromatic heterocycles. The summed E-state index contributed by atoms with van der Waals surface area (Å²) < 4.78 is 2.99. The molecule has 0 aliphatic rings. The van der Waals surface area contributed by atoms with Gasteiger partial charge >= 0.3 is 5.69 Å². The van der Waals surface area contributed by atoms with Gasteiger partial charge in [0, 0.05) is 23.9 Å². The molecule has 0 radical (unpaired) electrons. The van der Waals surface area contributed by atoms with Crippen molar-refractivity contribution in [3.05, 3.63) is 74.9 Å². The topological polar surface area (TPSA) is 70.5 Å². The van der Waals surface area contributed by atoms with E-state index in [0.29, 0.717) is 29.6 Å². The molecule has 29 heavy (non-hydrogen) atoms. The molecule has 6 heteroatoms. The van der Waals surface area contributed by atoms with Crippen molar-refractivity contribution >= 4 is 38.0 Å². The van der Waals surface area contributed by atoms with Crippen LogP contribution in [-0.2, 0) is 6.54 Å². The lowest BCUT2D eigenvalue weighted by Gasteiger charge is -2.12. The molecule has 0 fully saturated rings. The number of aromatic nitrogens is 2. The van der Waals surface area contributed by atoms with E-state index < -0.39 is 0 Å². The summed E-state index contributed by atoms with van der Waals surface area (Å²) in [6.07, 6.45) is 0. The first-order chi connectivity index (χ1) is 14.0. The Balaban J connectivity index is 1.99. The van der Waals surface area contributed by atoms with E-state index >= 15 is 0 Å². The molecule has 0 N–H and O–H groups in total. The van der Waals surface area contributed by atoms with Crippen molar-refractivity contribution in [3.63, 3.8) is 0 Å². The average molecular weight is 382 g/mol. The minimum absolute atomic E-state index is 0.256. The number of nitrogens with zero attached hydrogens (tertiary/aromatic N) is 4. The fraction of sp³-hybridized carbons (Fsp3) is 0.174. The molecule has 3 aromatic carbocycles. The van der Waals surface area contributed by atoms with E-state index in [9.17, 15) is 14.9 Å². The SMILES string of the molecule is CN(C)CCn1c(=O)c2cccc3c4c5ccc(C#N)cc5ccc4n(c1=O)c23. The second-order valence-corrected chi connectivity index (χ2v) is 7.59. The van der Waals surface area contributed by atoms with E-state index in [1.807, 2.05) is 55.4 Å². The Hall–Kier alpha value is -3.69. The summed E-state index contributed by atoms with van der Waals surface area (Å²) in [5, 5.41) is 13.4. The lowest BCUT2D eigenvalue weighted by atomic mass is 10.0. The van der Waals surface area contributed by atoms with Crippen LogP contribution in [0.5, 0.6) is 0 Å². The number of benzene rings is 3. The monoisotopic (exact) mass is 382 g/mol. The molecule has 0 atom stereocenters. The van der Waals surface area contributed by atoms with Crippen molar-refractivity contribution in [1.29, 1.82) is 5.26 Å². The van der Waals surface area contributed by atoms with Crippen LogP contribution in [0.1, 0.15) is 5.56 Å². The fourth-order valence-corrected chi connectivity index (χ4v) is 4.19. The van der Waals surface area contributed by atoms with Gasteiger partial charge in [0.25, 0.3) is 5.56 Å². The van der Waals surface area contributed by atoms with Gasteiger partial charge in [-0.15, -0.1) is 0 Å². The Morgan fingerprint density at radius 2 is 1.79 bits per heavy atom. The Kier molecular flexibility index (Phi) is 3.70. The van der Waals surface area contributed by atoms with Gasteiger partial charge in [0.15, 0.2) is 0 Å². The average Bonchev–Trinajstić information content (AvgIpc) is 3.07. The maximum Gasteiger partial charge on any atom is 0.336 e. The first-order valence-electron chi connectivity index (χ1n) is 9.42. The van der Waals surface area contributed by atoms with E-state index in [-0.39, 0.29) is 11.2 Å². The zero-order valence-electron chi connectivity index (χ0n) is 16.1. The van der Waals surface area contributed by atoms with Gasteiger partial charge in [0.1, 0.15) is 0 Å². The molecule has 5 aromatic rings. The minimum atomic E-state index is -0.316. The highest BCUT2D eigenvalue weighted by atomic mass is 16.2. The van der Waals surface area contributed by atoms with E-state index in [4.69, 9.17) is 0 Å². The third kappa shape index (κ3) is 2.38. The van der Waals surface area contributed by atoms with Gasteiger partial charge in [-0.1, -0.05) is 24.3 Å². The van der Waals surface area contributed by atoms with Crippen LogP contribution < -0.4 is 11.2 Å². The van der Waals surface area contributed by atoms with Crippen molar-refractivity contribution in [3.8, 4) is 6.07 Å². The summed E-state index contributed by atoms with van der Waals surface area (Å²) in [5.74, 6) is 0. The van der Waals surface area contributed by atoms with Gasteiger partial charge in [0.2, 0.25) is 0 Å². The number of fused-ring (bicyclic) bond motifs is 5. The molecule has 0 saturated heterocycles. The first-order valence-corrected chi connectivity index (χ1v) is 9.42. The number of rotatable bonds is 3. The Morgan fingerprint density at radius 1 is 1.00 bits per heavy atom. The van der Waals surface area contributed by atoms with Crippen LogP contribution in [0, 0.1) is 11.3 Å². The second-order valence-electron chi connectivity index (χ2n) is 7.59. The molecule has 0 unspecified atom stereocenters. The molecule has 0 bridgehead atoms. The molecule has 142 valence electrons. The smallest absolute Gasteiger partial charge is 0.308 e. The Bertz CT molecular complexity index is 1590. The summed E-state index contributed by atoms with van der Waals surface area (Å²) in [6.45, 7) is 0.932. The van der Waals surface area contributed by atoms with Crippen molar-refractivity contribution in [2.45, 2.75) is 6.54 Å². The van der Waals surface area contributed by atoms with E-state index in [0.717, 1.165) is 27.1 Å². The lowest BCUT2D eigenvalue weighted by molar-refractivity contribution is 0.376. The molecule has 0 saturated carbocycles. The molecule has 0 spiro atoms. The van der Waals surface area contributed by atoms with E-state index in [2.05, 4.69) is 6.07 Å². The van der Waals surface area contributed by atoms with Crippen LogP contribution in [0.25, 0.3) is 38.0 Å². The Labute approximate surface area is 165 Å². The van der Waals surface area contributed by atoms with Crippen LogP contribution in [0.3, 0.4) is 0 Å². The first kappa shape index (κ1) is 17.4. The minimum Gasteiger partial charge on any atom is -0.308 e. The van der Waals surface area contributed by atoms with Crippen LogP contribution in [0.2, 0.25) is 0 Å². The maximum atomic E-state index is 13.3. The van der Waals surface area contributed by atoms with Gasteiger partial charge in [-0.05, 0) is 49.1 Å². The zero-order chi connectivity index (χ0) is 20.3. The quantitative estimate of drug-likeness (QED) is 0.481. The van der Waals surface area contributed by atoms with Crippen molar-refractivity contribution in [1.82, 2.24) is 13.9 Å². The van der Waals surface area contributed by atoms with Crippen LogP contribution in [0.4, 0.5) is 0 Å². The number of likely N-dealkylation sites (N-methyl/N-ethyl adjacent to an activating group) is 1. The summed E-state index contributed by atoms with van der Waals surface area (Å²) in [6, 6.07) is 17.1. The van der Waals surface area contributed by atoms with E-state index in [1.54, 1.807) is 16.5 Å². The largest absolute Gasteiger partial charge is 0.336 e. The maximum absolute atomic E-state index is 13.3. The summed E-state index contributed by atoms with van der Waals surface area (Å²) in [5.41, 5.74) is 1.46. The molecule has 6 nitrogen and oxygen atoms in total. The number of para-hydroxylation sites is 1. The predicted octanol–water partition coefficient (Wildman–Crippen LogP) is 2.79. The normalized spacial score (nSPS) is 11.9. The second kappa shape index (κ2) is 6.16. The third-order valence-electron chi connectivity index (χ3n) is 5.57. The fourth-order valence-electron chi connectivity index (χ4n) is 4.19. The highest BCUT2D eigenvalue weighted by molar-refractivity contribution is 6.23. The van der Waals surface area contributed by atoms with Crippen molar-refractivity contribution in [2.24, 2.45) is 0 Å². The van der Waals surface area contributed by atoms with Gasteiger partial charge in [-0.2, -0.15) is 5.26 Å². The van der Waals surface area contributed by atoms with Gasteiger partial charge < -0.3 is 4.90 Å².